The van der Waals surface area contributed by atoms with Gasteiger partial charge in [-0.1, -0.05) is 60.7 Å². The lowest BCUT2D eigenvalue weighted by Crippen LogP contribution is -2.58. The van der Waals surface area contributed by atoms with Gasteiger partial charge in [0.15, 0.2) is 6.10 Å². The van der Waals surface area contributed by atoms with Crippen molar-refractivity contribution in [2.75, 3.05) is 20.0 Å². The first-order valence-corrected chi connectivity index (χ1v) is 15.6. The molecule has 1 heterocycles. The number of rotatable bonds is 11. The summed E-state index contributed by atoms with van der Waals surface area (Å²) in [5.41, 5.74) is 3.54. The number of phenols is 1. The van der Waals surface area contributed by atoms with Gasteiger partial charge in [-0.05, 0) is 70.1 Å². The molecule has 0 unspecified atom stereocenters. The highest BCUT2D eigenvalue weighted by Crippen LogP contribution is 2.40. The van der Waals surface area contributed by atoms with Gasteiger partial charge in [0.1, 0.15) is 11.8 Å². The number of aliphatic hydroxyl groups is 1. The van der Waals surface area contributed by atoms with Crippen molar-refractivity contribution in [2.24, 2.45) is 0 Å². The summed E-state index contributed by atoms with van der Waals surface area (Å²) in [5, 5.41) is 27.4. The Kier molecular flexibility index (Phi) is 10.7. The standard InChI is InChI=1S/C34H42N4O5S/c1-22-26(15-10-16-28(22)39)31(41)36-27(18-23-11-7-6-8-12-23)29(40)33(43)38-21-44-34(2,3)30(38)32(42)35-19-24-13-9-14-25(17-24)20-37(4)5/h6-17,27,29-30,39-40H,18-21H2,1-5H3,(H,35,42)(H,36,41)/t27-,29-,30+/m0/s1. The Morgan fingerprint density at radius 1 is 1.00 bits per heavy atom. The van der Waals surface area contributed by atoms with E-state index < -0.39 is 34.7 Å². The van der Waals surface area contributed by atoms with Crippen LogP contribution in [0.1, 0.15) is 46.5 Å². The Balaban J connectivity index is 1.53. The van der Waals surface area contributed by atoms with Crippen LogP contribution in [-0.4, -0.2) is 80.6 Å². The molecule has 0 radical (unpaired) electrons. The topological polar surface area (TPSA) is 122 Å². The van der Waals surface area contributed by atoms with Crippen LogP contribution in [-0.2, 0) is 29.1 Å². The number of nitrogens with zero attached hydrogens (tertiary/aromatic N) is 2. The van der Waals surface area contributed by atoms with Crippen LogP contribution < -0.4 is 10.6 Å². The monoisotopic (exact) mass is 618 g/mol. The van der Waals surface area contributed by atoms with Crippen LogP contribution in [0.5, 0.6) is 5.75 Å². The van der Waals surface area contributed by atoms with Crippen LogP contribution in [0.25, 0.3) is 0 Å². The van der Waals surface area contributed by atoms with Gasteiger partial charge in [-0.25, -0.2) is 0 Å². The average molecular weight is 619 g/mol. The first kappa shape index (κ1) is 33.0. The summed E-state index contributed by atoms with van der Waals surface area (Å²) in [6, 6.07) is 20.1. The number of aromatic hydroxyl groups is 1. The number of aliphatic hydroxyl groups excluding tert-OH is 1. The predicted molar refractivity (Wildman–Crippen MR) is 173 cm³/mol. The molecule has 1 aliphatic rings. The molecule has 4 rings (SSSR count). The maximum atomic E-state index is 13.9. The number of hydrogen-bond acceptors (Lipinski definition) is 7. The Morgan fingerprint density at radius 2 is 1.66 bits per heavy atom. The molecule has 0 bridgehead atoms. The summed E-state index contributed by atoms with van der Waals surface area (Å²) in [5.74, 6) is -1.27. The lowest BCUT2D eigenvalue weighted by atomic mass is 9.96. The molecule has 0 aliphatic carbocycles. The van der Waals surface area contributed by atoms with E-state index in [0.717, 1.165) is 23.2 Å². The summed E-state index contributed by atoms with van der Waals surface area (Å²) in [4.78, 5) is 44.4. The first-order chi connectivity index (χ1) is 20.9. The minimum atomic E-state index is -1.62. The molecule has 44 heavy (non-hydrogen) atoms. The zero-order valence-corrected chi connectivity index (χ0v) is 26.7. The number of carbonyl (C=O) groups is 3. The van der Waals surface area contributed by atoms with Gasteiger partial charge in [0.05, 0.1) is 11.9 Å². The Labute approximate surface area is 263 Å². The van der Waals surface area contributed by atoms with Gasteiger partial charge in [0.2, 0.25) is 5.91 Å². The van der Waals surface area contributed by atoms with Crippen molar-refractivity contribution in [1.29, 1.82) is 0 Å². The minimum absolute atomic E-state index is 0.0245. The van der Waals surface area contributed by atoms with E-state index in [0.29, 0.717) is 12.1 Å². The molecule has 3 amide bonds. The molecule has 4 N–H and O–H groups in total. The third-order valence-electron chi connectivity index (χ3n) is 7.83. The molecule has 3 aromatic carbocycles. The zero-order valence-electron chi connectivity index (χ0n) is 25.9. The van der Waals surface area contributed by atoms with E-state index in [2.05, 4.69) is 15.5 Å². The molecule has 3 atom stereocenters. The molecule has 3 aromatic rings. The van der Waals surface area contributed by atoms with Crippen molar-refractivity contribution in [3.63, 3.8) is 0 Å². The fraction of sp³-hybridized carbons (Fsp3) is 0.382. The van der Waals surface area contributed by atoms with Gasteiger partial charge in [0, 0.05) is 29.0 Å². The second-order valence-corrected chi connectivity index (χ2v) is 13.6. The first-order valence-electron chi connectivity index (χ1n) is 14.6. The molecule has 234 valence electrons. The van der Waals surface area contributed by atoms with E-state index in [-0.39, 0.29) is 29.5 Å². The van der Waals surface area contributed by atoms with Gasteiger partial charge >= 0.3 is 0 Å². The molecule has 1 fully saturated rings. The van der Waals surface area contributed by atoms with E-state index in [1.165, 1.54) is 22.7 Å². The number of thioether (sulfide) groups is 1. The van der Waals surface area contributed by atoms with Crippen LogP contribution >= 0.6 is 11.8 Å². The lowest BCUT2D eigenvalue weighted by molar-refractivity contribution is -0.147. The number of hydrogen-bond donors (Lipinski definition) is 4. The molecule has 9 nitrogen and oxygen atoms in total. The highest BCUT2D eigenvalue weighted by atomic mass is 32.2. The molecular weight excluding hydrogens is 576 g/mol. The Morgan fingerprint density at radius 3 is 2.36 bits per heavy atom. The number of amides is 3. The van der Waals surface area contributed by atoms with Crippen LogP contribution in [0.2, 0.25) is 0 Å². The van der Waals surface area contributed by atoms with Gasteiger partial charge in [-0.2, -0.15) is 0 Å². The maximum absolute atomic E-state index is 13.9. The average Bonchev–Trinajstić information content (AvgIpc) is 3.31. The van der Waals surface area contributed by atoms with Crippen molar-refractivity contribution in [1.82, 2.24) is 20.4 Å². The highest BCUT2D eigenvalue weighted by molar-refractivity contribution is 8.00. The minimum Gasteiger partial charge on any atom is -0.508 e. The summed E-state index contributed by atoms with van der Waals surface area (Å²) in [7, 11) is 4.00. The van der Waals surface area contributed by atoms with Gasteiger partial charge in [-0.15, -0.1) is 11.8 Å². The second-order valence-electron chi connectivity index (χ2n) is 12.0. The Bertz CT molecular complexity index is 1480. The second kappa shape index (κ2) is 14.3. The molecule has 0 spiro atoms. The smallest absolute Gasteiger partial charge is 0.254 e. The summed E-state index contributed by atoms with van der Waals surface area (Å²) in [6.45, 7) is 6.53. The van der Waals surface area contributed by atoms with Gasteiger partial charge in [0.25, 0.3) is 11.8 Å². The lowest BCUT2D eigenvalue weighted by Gasteiger charge is -2.33. The summed E-state index contributed by atoms with van der Waals surface area (Å²) in [6.07, 6.45) is -1.44. The quantitative estimate of drug-likeness (QED) is 0.260. The molecule has 10 heteroatoms. The van der Waals surface area contributed by atoms with Crippen LogP contribution in [0.15, 0.2) is 72.8 Å². The highest BCUT2D eigenvalue weighted by Gasteiger charge is 2.49. The molecular formula is C34H42N4O5S. The largest absolute Gasteiger partial charge is 0.508 e. The summed E-state index contributed by atoms with van der Waals surface area (Å²) < 4.78 is -0.608. The fourth-order valence-electron chi connectivity index (χ4n) is 5.47. The van der Waals surface area contributed by atoms with E-state index in [4.69, 9.17) is 0 Å². The van der Waals surface area contributed by atoms with Crippen LogP contribution in [0, 0.1) is 6.92 Å². The third-order valence-corrected chi connectivity index (χ3v) is 9.21. The molecule has 1 saturated heterocycles. The van der Waals surface area contributed by atoms with Gasteiger partial charge < -0.3 is 30.6 Å². The van der Waals surface area contributed by atoms with Gasteiger partial charge in [-0.3, -0.25) is 14.4 Å². The van der Waals surface area contributed by atoms with Crippen molar-refractivity contribution in [2.45, 2.75) is 63.2 Å². The third kappa shape index (κ3) is 7.99. The number of nitrogens with one attached hydrogen (secondary N) is 2. The van der Waals surface area contributed by atoms with Crippen molar-refractivity contribution >= 4 is 29.5 Å². The SMILES string of the molecule is Cc1c(O)cccc1C(=O)N[C@@H](Cc1ccccc1)[C@H](O)C(=O)N1CSC(C)(C)[C@H]1C(=O)NCc1cccc(CN(C)C)c1. The van der Waals surface area contributed by atoms with Crippen LogP contribution in [0.4, 0.5) is 0 Å². The number of carbonyl (C=O) groups excluding carboxylic acids is 3. The van der Waals surface area contributed by atoms with Crippen LogP contribution in [0.3, 0.4) is 0 Å². The summed E-state index contributed by atoms with van der Waals surface area (Å²) >= 11 is 1.46. The zero-order chi connectivity index (χ0) is 32.0. The van der Waals surface area contributed by atoms with Crippen molar-refractivity contribution in [3.8, 4) is 5.75 Å². The normalized spacial score (nSPS) is 17.2. The van der Waals surface area contributed by atoms with E-state index in [1.807, 2.05) is 82.5 Å². The van der Waals surface area contributed by atoms with Crippen molar-refractivity contribution < 1.29 is 24.6 Å². The van der Waals surface area contributed by atoms with E-state index in [1.54, 1.807) is 19.1 Å². The number of benzene rings is 3. The molecule has 0 aromatic heterocycles. The van der Waals surface area contributed by atoms with E-state index >= 15 is 0 Å². The van der Waals surface area contributed by atoms with Crippen molar-refractivity contribution in [3.05, 3.63) is 101 Å². The van der Waals surface area contributed by atoms with E-state index in [9.17, 15) is 24.6 Å². The predicted octanol–water partition coefficient (Wildman–Crippen LogP) is 3.46. The Hall–Kier alpha value is -3.86. The maximum Gasteiger partial charge on any atom is 0.254 e. The molecule has 1 aliphatic heterocycles. The number of phenolic OH excluding ortho intramolecular Hbond substituents is 1. The fourth-order valence-corrected chi connectivity index (χ4v) is 6.61. The molecule has 0 saturated carbocycles.